The van der Waals surface area contributed by atoms with Crippen molar-refractivity contribution in [1.29, 1.82) is 0 Å². The normalized spacial score (nSPS) is 15.9. The number of amides is 2. The van der Waals surface area contributed by atoms with Crippen molar-refractivity contribution in [2.45, 2.75) is 39.3 Å². The maximum absolute atomic E-state index is 12.7. The van der Waals surface area contributed by atoms with Crippen molar-refractivity contribution in [1.82, 2.24) is 9.80 Å². The van der Waals surface area contributed by atoms with Gasteiger partial charge < -0.3 is 14.9 Å². The lowest BCUT2D eigenvalue weighted by Gasteiger charge is -2.36. The number of carbonyl (C=O) groups excluding carboxylic acids is 1. The number of aliphatic carboxylic acids is 1. The summed E-state index contributed by atoms with van der Waals surface area (Å²) in [6.45, 7) is 5.63. The Labute approximate surface area is 131 Å². The highest BCUT2D eigenvalue weighted by Crippen LogP contribution is 2.20. The molecule has 0 bridgehead atoms. The Morgan fingerprint density at radius 3 is 2.32 bits per heavy atom. The van der Waals surface area contributed by atoms with Crippen LogP contribution in [0.2, 0.25) is 0 Å². The van der Waals surface area contributed by atoms with Crippen molar-refractivity contribution in [3.8, 4) is 0 Å². The van der Waals surface area contributed by atoms with Gasteiger partial charge in [0.15, 0.2) is 0 Å². The van der Waals surface area contributed by atoms with Crippen LogP contribution < -0.4 is 0 Å². The topological polar surface area (TPSA) is 60.9 Å². The molecule has 1 aromatic carbocycles. The summed E-state index contributed by atoms with van der Waals surface area (Å²) >= 11 is 0. The smallest absolute Gasteiger partial charge is 0.320 e. The highest BCUT2D eigenvalue weighted by Gasteiger charge is 2.30. The van der Waals surface area contributed by atoms with Crippen molar-refractivity contribution in [2.24, 2.45) is 5.92 Å². The lowest BCUT2D eigenvalue weighted by molar-refractivity contribution is -0.143. The largest absolute Gasteiger partial charge is 0.481 e. The Morgan fingerprint density at radius 1 is 1.23 bits per heavy atom. The van der Waals surface area contributed by atoms with Gasteiger partial charge >= 0.3 is 12.0 Å². The second kappa shape index (κ2) is 7.29. The average Bonchev–Trinajstić information content (AvgIpc) is 2.53. The molecule has 1 aliphatic rings. The standard InChI is InChI=1S/C17H24N2O3/c1-13(2)19(12-14-6-4-3-5-7-14)17(22)18-10-8-15(9-11-18)16(20)21/h3-7,13,15H,8-12H2,1-2H3,(H,20,21). The number of urea groups is 1. The van der Waals surface area contributed by atoms with Gasteiger partial charge in [0.1, 0.15) is 0 Å². The van der Waals surface area contributed by atoms with Gasteiger partial charge in [0, 0.05) is 25.7 Å². The molecule has 1 saturated heterocycles. The van der Waals surface area contributed by atoms with Crippen molar-refractivity contribution in [2.75, 3.05) is 13.1 Å². The number of nitrogens with zero attached hydrogens (tertiary/aromatic N) is 2. The molecule has 1 N–H and O–H groups in total. The van der Waals surface area contributed by atoms with Crippen molar-refractivity contribution >= 4 is 12.0 Å². The number of carbonyl (C=O) groups is 2. The van der Waals surface area contributed by atoms with Crippen LogP contribution in [0.15, 0.2) is 30.3 Å². The van der Waals surface area contributed by atoms with E-state index in [4.69, 9.17) is 5.11 Å². The van der Waals surface area contributed by atoms with Crippen molar-refractivity contribution in [3.63, 3.8) is 0 Å². The van der Waals surface area contributed by atoms with Gasteiger partial charge in [-0.2, -0.15) is 0 Å². The van der Waals surface area contributed by atoms with Crippen LogP contribution in [0.5, 0.6) is 0 Å². The first-order valence-corrected chi connectivity index (χ1v) is 7.81. The fourth-order valence-corrected chi connectivity index (χ4v) is 2.75. The van der Waals surface area contributed by atoms with Gasteiger partial charge in [-0.25, -0.2) is 4.79 Å². The lowest BCUT2D eigenvalue weighted by atomic mass is 9.97. The van der Waals surface area contributed by atoms with Crippen molar-refractivity contribution in [3.05, 3.63) is 35.9 Å². The van der Waals surface area contributed by atoms with Crippen LogP contribution >= 0.6 is 0 Å². The molecule has 0 spiro atoms. The van der Waals surface area contributed by atoms with Gasteiger partial charge in [0.2, 0.25) is 0 Å². The zero-order valence-corrected chi connectivity index (χ0v) is 13.2. The molecule has 120 valence electrons. The van der Waals surface area contributed by atoms with E-state index in [2.05, 4.69) is 0 Å². The molecule has 0 aromatic heterocycles. The molecule has 0 saturated carbocycles. The number of hydrogen-bond donors (Lipinski definition) is 1. The molecule has 0 atom stereocenters. The summed E-state index contributed by atoms with van der Waals surface area (Å²) in [7, 11) is 0. The number of likely N-dealkylation sites (tertiary alicyclic amines) is 1. The third-order valence-electron chi connectivity index (χ3n) is 4.18. The van der Waals surface area contributed by atoms with Gasteiger partial charge in [-0.05, 0) is 32.3 Å². The molecule has 0 unspecified atom stereocenters. The van der Waals surface area contributed by atoms with E-state index >= 15 is 0 Å². The maximum Gasteiger partial charge on any atom is 0.320 e. The van der Waals surface area contributed by atoms with E-state index in [1.807, 2.05) is 49.1 Å². The predicted molar refractivity (Wildman–Crippen MR) is 84.4 cm³/mol. The summed E-state index contributed by atoms with van der Waals surface area (Å²) in [4.78, 5) is 27.3. The quantitative estimate of drug-likeness (QED) is 0.930. The molecule has 1 aliphatic heterocycles. The molecular weight excluding hydrogens is 280 g/mol. The monoisotopic (exact) mass is 304 g/mol. The fraction of sp³-hybridized carbons (Fsp3) is 0.529. The van der Waals surface area contributed by atoms with E-state index in [9.17, 15) is 9.59 Å². The minimum absolute atomic E-state index is 0.00249. The molecular formula is C17H24N2O3. The Kier molecular flexibility index (Phi) is 5.41. The molecule has 2 amide bonds. The molecule has 5 heteroatoms. The second-order valence-electron chi connectivity index (χ2n) is 6.09. The Hall–Kier alpha value is -2.04. The molecule has 1 fully saturated rings. The van der Waals surface area contributed by atoms with Gasteiger partial charge in [-0.3, -0.25) is 4.79 Å². The average molecular weight is 304 g/mol. The molecule has 0 radical (unpaired) electrons. The summed E-state index contributed by atoms with van der Waals surface area (Å²) in [5, 5.41) is 9.04. The third kappa shape index (κ3) is 4.00. The number of piperidine rings is 1. The van der Waals surface area contributed by atoms with E-state index in [1.54, 1.807) is 4.90 Å². The number of rotatable bonds is 4. The molecule has 1 heterocycles. The van der Waals surface area contributed by atoms with Gasteiger partial charge in [0.25, 0.3) is 0 Å². The Morgan fingerprint density at radius 2 is 1.82 bits per heavy atom. The SMILES string of the molecule is CC(C)N(Cc1ccccc1)C(=O)N1CCC(C(=O)O)CC1. The number of benzene rings is 1. The third-order valence-corrected chi connectivity index (χ3v) is 4.18. The van der Waals surface area contributed by atoms with E-state index in [0.29, 0.717) is 32.5 Å². The number of carboxylic acids is 1. The lowest BCUT2D eigenvalue weighted by Crippen LogP contribution is -2.49. The summed E-state index contributed by atoms with van der Waals surface area (Å²) in [6.07, 6.45) is 1.08. The van der Waals surface area contributed by atoms with Crippen LogP contribution in [-0.4, -0.2) is 46.0 Å². The first-order chi connectivity index (χ1) is 10.5. The first kappa shape index (κ1) is 16.3. The second-order valence-corrected chi connectivity index (χ2v) is 6.09. The van der Waals surface area contributed by atoms with E-state index in [0.717, 1.165) is 5.56 Å². The number of carboxylic acid groups (broad SMARTS) is 1. The number of hydrogen-bond acceptors (Lipinski definition) is 2. The van der Waals surface area contributed by atoms with Crippen LogP contribution in [0.25, 0.3) is 0 Å². The predicted octanol–water partition coefficient (Wildman–Crippen LogP) is 2.81. The minimum atomic E-state index is -0.753. The minimum Gasteiger partial charge on any atom is -0.481 e. The van der Waals surface area contributed by atoms with Gasteiger partial charge in [-0.15, -0.1) is 0 Å². The van der Waals surface area contributed by atoms with Crippen molar-refractivity contribution < 1.29 is 14.7 Å². The first-order valence-electron chi connectivity index (χ1n) is 7.81. The van der Waals surface area contributed by atoms with Crippen LogP contribution in [0.3, 0.4) is 0 Å². The van der Waals surface area contributed by atoms with E-state index < -0.39 is 5.97 Å². The Bertz CT molecular complexity index is 508. The molecule has 22 heavy (non-hydrogen) atoms. The maximum atomic E-state index is 12.7. The van der Waals surface area contributed by atoms with E-state index in [1.165, 1.54) is 0 Å². The summed E-state index contributed by atoms with van der Waals surface area (Å²) < 4.78 is 0. The van der Waals surface area contributed by atoms with Crippen LogP contribution in [0, 0.1) is 5.92 Å². The fourth-order valence-electron chi connectivity index (χ4n) is 2.75. The zero-order chi connectivity index (χ0) is 16.1. The van der Waals surface area contributed by atoms with Gasteiger partial charge in [-0.1, -0.05) is 30.3 Å². The van der Waals surface area contributed by atoms with E-state index in [-0.39, 0.29) is 18.0 Å². The summed E-state index contributed by atoms with van der Waals surface area (Å²) in [5.41, 5.74) is 1.10. The molecule has 5 nitrogen and oxygen atoms in total. The van der Waals surface area contributed by atoms with Gasteiger partial charge in [0.05, 0.1) is 5.92 Å². The highest BCUT2D eigenvalue weighted by molar-refractivity contribution is 5.76. The Balaban J connectivity index is 2.00. The van der Waals surface area contributed by atoms with Crippen LogP contribution in [-0.2, 0) is 11.3 Å². The molecule has 2 rings (SSSR count). The van der Waals surface area contributed by atoms with Crippen LogP contribution in [0.4, 0.5) is 4.79 Å². The highest BCUT2D eigenvalue weighted by atomic mass is 16.4. The zero-order valence-electron chi connectivity index (χ0n) is 13.2. The van der Waals surface area contributed by atoms with Crippen LogP contribution in [0.1, 0.15) is 32.3 Å². The summed E-state index contributed by atoms with van der Waals surface area (Å²) in [6, 6.07) is 10.0. The molecule has 1 aromatic rings. The summed E-state index contributed by atoms with van der Waals surface area (Å²) in [5.74, 6) is -1.07. The molecule has 0 aliphatic carbocycles.